The van der Waals surface area contributed by atoms with E-state index in [1.165, 1.54) is 0 Å². The second kappa shape index (κ2) is 1.73. The molecule has 0 saturated carbocycles. The molecule has 0 aromatic rings. The van der Waals surface area contributed by atoms with Crippen LogP contribution in [0, 0.1) is 0 Å². The fraction of sp³-hybridized carbons (Fsp3) is 0.800. The molecule has 1 aliphatic rings. The highest BCUT2D eigenvalue weighted by atomic mass is 19.2. The molecular weight excluding hydrogens is 109 g/mol. The van der Waals surface area contributed by atoms with Crippen molar-refractivity contribution in [2.24, 2.45) is 0 Å². The number of hydrogen-bond acceptors (Lipinski definition) is 1. The number of carbonyl (C=O) groups excluding carboxylic acids is 1. The van der Waals surface area contributed by atoms with E-state index < -0.39 is 0 Å². The van der Waals surface area contributed by atoms with Gasteiger partial charge in [-0.25, -0.2) is 0 Å². The topological polar surface area (TPSA) is 20.3 Å². The molecule has 1 rings (SSSR count). The summed E-state index contributed by atoms with van der Waals surface area (Å²) in [6.07, 6.45) is 1.03. The summed E-state index contributed by atoms with van der Waals surface area (Å²) >= 11 is 0. The Hall–Kier alpha value is -0.600. The summed E-state index contributed by atoms with van der Waals surface area (Å²) in [5.74, 6) is -0.377. The van der Waals surface area contributed by atoms with Gasteiger partial charge in [0, 0.05) is 6.42 Å². The molecule has 1 atom stereocenters. The van der Waals surface area contributed by atoms with E-state index in [1.807, 2.05) is 0 Å². The number of carbonyl (C=O) groups is 1. The van der Waals surface area contributed by atoms with Crippen molar-refractivity contribution in [2.75, 3.05) is 0 Å². The van der Waals surface area contributed by atoms with Gasteiger partial charge in [-0.15, -0.1) is 0 Å². The lowest BCUT2D eigenvalue weighted by Crippen LogP contribution is -2.20. The van der Waals surface area contributed by atoms with Gasteiger partial charge in [0.25, 0.3) is 5.91 Å². The standard InChI is InChI=1S/C5H8FNO/c1-4-2-3-5(8)7(4)6/h4H,2-3H2,1H3. The minimum absolute atomic E-state index is 0.192. The van der Waals surface area contributed by atoms with Crippen LogP contribution in [0.15, 0.2) is 0 Å². The van der Waals surface area contributed by atoms with Crippen LogP contribution in [-0.2, 0) is 4.79 Å². The zero-order valence-electron chi connectivity index (χ0n) is 4.72. The van der Waals surface area contributed by atoms with Gasteiger partial charge in [-0.1, -0.05) is 4.48 Å². The van der Waals surface area contributed by atoms with E-state index in [9.17, 15) is 9.28 Å². The number of nitrogens with zero attached hydrogens (tertiary/aromatic N) is 1. The molecule has 1 aliphatic heterocycles. The molecule has 1 saturated heterocycles. The molecule has 1 heterocycles. The van der Waals surface area contributed by atoms with Gasteiger partial charge in [-0.2, -0.15) is 5.12 Å². The molecule has 0 bridgehead atoms. The number of rotatable bonds is 0. The molecule has 0 radical (unpaired) electrons. The minimum Gasteiger partial charge on any atom is -0.272 e. The van der Waals surface area contributed by atoms with E-state index in [2.05, 4.69) is 0 Å². The summed E-state index contributed by atoms with van der Waals surface area (Å²) in [7, 11) is 0. The quantitative estimate of drug-likeness (QED) is 0.431. The first-order valence-corrected chi connectivity index (χ1v) is 2.69. The van der Waals surface area contributed by atoms with Gasteiger partial charge in [-0.05, 0) is 13.3 Å². The smallest absolute Gasteiger partial charge is 0.250 e. The Labute approximate surface area is 47.2 Å². The Morgan fingerprint density at radius 3 is 2.62 bits per heavy atom. The van der Waals surface area contributed by atoms with Crippen LogP contribution in [0.3, 0.4) is 0 Å². The van der Waals surface area contributed by atoms with Gasteiger partial charge in [0.1, 0.15) is 0 Å². The summed E-state index contributed by atoms with van der Waals surface area (Å²) in [6.45, 7) is 1.70. The first-order chi connectivity index (χ1) is 3.72. The van der Waals surface area contributed by atoms with Gasteiger partial charge in [0.15, 0.2) is 0 Å². The molecule has 0 aliphatic carbocycles. The third-order valence-corrected chi connectivity index (χ3v) is 1.40. The van der Waals surface area contributed by atoms with E-state index >= 15 is 0 Å². The van der Waals surface area contributed by atoms with Crippen molar-refractivity contribution < 1.29 is 9.28 Å². The third-order valence-electron chi connectivity index (χ3n) is 1.40. The lowest BCUT2D eigenvalue weighted by Gasteiger charge is -2.06. The van der Waals surface area contributed by atoms with Crippen molar-refractivity contribution in [3.8, 4) is 0 Å². The van der Waals surface area contributed by atoms with Gasteiger partial charge in [0.05, 0.1) is 6.04 Å². The van der Waals surface area contributed by atoms with Crippen LogP contribution >= 0.6 is 0 Å². The van der Waals surface area contributed by atoms with Crippen molar-refractivity contribution in [3.63, 3.8) is 0 Å². The Kier molecular flexibility index (Phi) is 1.19. The fourth-order valence-electron chi connectivity index (χ4n) is 0.798. The molecular formula is C5H8FNO. The zero-order chi connectivity index (χ0) is 6.15. The Morgan fingerprint density at radius 1 is 1.88 bits per heavy atom. The van der Waals surface area contributed by atoms with Crippen molar-refractivity contribution in [3.05, 3.63) is 0 Å². The number of hydrogen-bond donors (Lipinski definition) is 0. The molecule has 0 aromatic carbocycles. The highest BCUT2D eigenvalue weighted by Crippen LogP contribution is 2.17. The Bertz CT molecular complexity index is 115. The van der Waals surface area contributed by atoms with Crippen molar-refractivity contribution >= 4 is 5.91 Å². The van der Waals surface area contributed by atoms with Gasteiger partial charge >= 0.3 is 0 Å². The Morgan fingerprint density at radius 2 is 2.50 bits per heavy atom. The largest absolute Gasteiger partial charge is 0.272 e. The van der Waals surface area contributed by atoms with Gasteiger partial charge in [-0.3, -0.25) is 4.79 Å². The summed E-state index contributed by atoms with van der Waals surface area (Å²) in [5, 5.41) is 0.306. The minimum atomic E-state index is -0.377. The second-order valence-corrected chi connectivity index (χ2v) is 2.09. The average molecular weight is 117 g/mol. The van der Waals surface area contributed by atoms with E-state index in [-0.39, 0.29) is 11.9 Å². The number of amides is 1. The van der Waals surface area contributed by atoms with Crippen molar-refractivity contribution in [2.45, 2.75) is 25.8 Å². The lowest BCUT2D eigenvalue weighted by molar-refractivity contribution is -0.143. The van der Waals surface area contributed by atoms with Gasteiger partial charge in [0.2, 0.25) is 0 Å². The molecule has 0 aromatic heterocycles. The lowest BCUT2D eigenvalue weighted by atomic mass is 10.3. The predicted molar refractivity (Wildman–Crippen MR) is 26.6 cm³/mol. The summed E-state index contributed by atoms with van der Waals surface area (Å²) in [6, 6.07) is -0.192. The van der Waals surface area contributed by atoms with Crippen LogP contribution in [0.25, 0.3) is 0 Å². The van der Waals surface area contributed by atoms with E-state index in [0.717, 1.165) is 0 Å². The summed E-state index contributed by atoms with van der Waals surface area (Å²) < 4.78 is 12.2. The molecule has 1 fully saturated rings. The number of halogens is 1. The van der Waals surface area contributed by atoms with Crippen LogP contribution in [-0.4, -0.2) is 17.1 Å². The second-order valence-electron chi connectivity index (χ2n) is 2.09. The molecule has 1 unspecified atom stereocenters. The molecule has 1 amide bonds. The molecule has 8 heavy (non-hydrogen) atoms. The molecule has 3 heteroatoms. The average Bonchev–Trinajstić information content (AvgIpc) is 1.98. The zero-order valence-corrected chi connectivity index (χ0v) is 4.72. The van der Waals surface area contributed by atoms with Crippen LogP contribution in [0.1, 0.15) is 19.8 Å². The van der Waals surface area contributed by atoms with E-state index in [1.54, 1.807) is 6.92 Å². The monoisotopic (exact) mass is 117 g/mol. The normalized spacial score (nSPS) is 29.5. The van der Waals surface area contributed by atoms with E-state index in [0.29, 0.717) is 18.0 Å². The molecule has 0 N–H and O–H groups in total. The first kappa shape index (κ1) is 5.54. The van der Waals surface area contributed by atoms with Crippen molar-refractivity contribution in [1.29, 1.82) is 0 Å². The molecule has 2 nitrogen and oxygen atoms in total. The summed E-state index contributed by atoms with van der Waals surface area (Å²) in [5.41, 5.74) is 0. The first-order valence-electron chi connectivity index (χ1n) is 2.69. The van der Waals surface area contributed by atoms with Crippen LogP contribution < -0.4 is 0 Å². The highest BCUT2D eigenvalue weighted by Gasteiger charge is 2.27. The third kappa shape index (κ3) is 0.680. The van der Waals surface area contributed by atoms with Crippen molar-refractivity contribution in [1.82, 2.24) is 5.12 Å². The summed E-state index contributed by atoms with van der Waals surface area (Å²) in [4.78, 5) is 10.3. The van der Waals surface area contributed by atoms with Gasteiger partial charge < -0.3 is 0 Å². The maximum atomic E-state index is 12.2. The van der Waals surface area contributed by atoms with E-state index in [4.69, 9.17) is 0 Å². The SMILES string of the molecule is CC1CCC(=O)N1F. The van der Waals surface area contributed by atoms with Crippen LogP contribution in [0.5, 0.6) is 0 Å². The molecule has 0 spiro atoms. The maximum Gasteiger partial charge on any atom is 0.250 e. The predicted octanol–water partition coefficient (Wildman–Crippen LogP) is 0.882. The van der Waals surface area contributed by atoms with Crippen LogP contribution in [0.4, 0.5) is 4.48 Å². The molecule has 46 valence electrons. The highest BCUT2D eigenvalue weighted by molar-refractivity contribution is 5.77. The Balaban J connectivity index is 2.56. The maximum absolute atomic E-state index is 12.2. The fourth-order valence-corrected chi connectivity index (χ4v) is 0.798. The van der Waals surface area contributed by atoms with Crippen LogP contribution in [0.2, 0.25) is 0 Å².